The van der Waals surface area contributed by atoms with E-state index in [0.717, 1.165) is 4.47 Å². The number of rotatable bonds is 4. The van der Waals surface area contributed by atoms with Crippen LogP contribution >= 0.6 is 15.9 Å². The maximum Gasteiger partial charge on any atom is 0.227 e. The van der Waals surface area contributed by atoms with E-state index in [-0.39, 0.29) is 18.3 Å². The average molecular weight is 345 g/mol. The van der Waals surface area contributed by atoms with Gasteiger partial charge in [-0.15, -0.1) is 0 Å². The summed E-state index contributed by atoms with van der Waals surface area (Å²) in [5.74, 6) is -0.406. The van der Waals surface area contributed by atoms with Crippen LogP contribution in [0.3, 0.4) is 0 Å². The van der Waals surface area contributed by atoms with Crippen molar-refractivity contribution in [2.24, 2.45) is 11.1 Å². The third-order valence-electron chi connectivity index (χ3n) is 3.77. The first-order chi connectivity index (χ1) is 9.57. The van der Waals surface area contributed by atoms with Gasteiger partial charge in [0.1, 0.15) is 5.82 Å². The van der Waals surface area contributed by atoms with Gasteiger partial charge in [0.15, 0.2) is 0 Å². The van der Waals surface area contributed by atoms with E-state index in [1.165, 1.54) is 12.1 Å². The average Bonchev–Trinajstić information content (AvgIpc) is 2.48. The molecule has 0 bridgehead atoms. The Morgan fingerprint density at radius 3 is 2.80 bits per heavy atom. The van der Waals surface area contributed by atoms with E-state index in [1.54, 1.807) is 6.07 Å². The molecule has 6 heteroatoms. The summed E-state index contributed by atoms with van der Waals surface area (Å²) in [7, 11) is 0. The third-order valence-corrected chi connectivity index (χ3v) is 4.54. The van der Waals surface area contributed by atoms with Crippen molar-refractivity contribution in [1.82, 2.24) is 5.32 Å². The molecule has 1 amide bonds. The van der Waals surface area contributed by atoms with Gasteiger partial charge in [-0.2, -0.15) is 0 Å². The molecule has 1 aliphatic rings. The Balaban J connectivity index is 2.02. The van der Waals surface area contributed by atoms with Crippen LogP contribution in [0.25, 0.3) is 0 Å². The molecule has 1 fully saturated rings. The number of hydrogen-bond donors (Lipinski definition) is 2. The molecule has 20 heavy (non-hydrogen) atoms. The second-order valence-electron chi connectivity index (χ2n) is 5.02. The quantitative estimate of drug-likeness (QED) is 0.877. The standard InChI is InChI=1S/C14H18BrFN2O2/c15-12-2-1-11(16)7-10(12)8-18-13(19)14(9-17)3-5-20-6-4-14/h1-2,7H,3-6,8-9,17H2,(H,18,19). The van der Waals surface area contributed by atoms with Gasteiger partial charge in [-0.1, -0.05) is 15.9 Å². The minimum absolute atomic E-state index is 0.0838. The van der Waals surface area contributed by atoms with Gasteiger partial charge in [0.25, 0.3) is 0 Å². The van der Waals surface area contributed by atoms with Crippen molar-refractivity contribution >= 4 is 21.8 Å². The van der Waals surface area contributed by atoms with Crippen LogP contribution < -0.4 is 11.1 Å². The highest BCUT2D eigenvalue weighted by Crippen LogP contribution is 2.29. The highest BCUT2D eigenvalue weighted by Gasteiger charge is 2.38. The Bertz CT molecular complexity index is 490. The second kappa shape index (κ2) is 6.65. The van der Waals surface area contributed by atoms with Crippen LogP contribution in [0.2, 0.25) is 0 Å². The molecule has 3 N–H and O–H groups in total. The number of nitrogens with one attached hydrogen (secondary N) is 1. The molecule has 0 saturated carbocycles. The Kier molecular flexibility index (Phi) is 5.12. The van der Waals surface area contributed by atoms with Gasteiger partial charge in [0, 0.05) is 30.8 Å². The molecule has 1 saturated heterocycles. The van der Waals surface area contributed by atoms with Crippen LogP contribution in [0.4, 0.5) is 4.39 Å². The molecule has 0 aliphatic carbocycles. The van der Waals surface area contributed by atoms with Crippen LogP contribution in [-0.4, -0.2) is 25.7 Å². The third kappa shape index (κ3) is 3.37. The molecular weight excluding hydrogens is 327 g/mol. The summed E-state index contributed by atoms with van der Waals surface area (Å²) >= 11 is 3.34. The normalized spacial score (nSPS) is 17.8. The summed E-state index contributed by atoms with van der Waals surface area (Å²) in [5.41, 5.74) is 5.93. The van der Waals surface area contributed by atoms with Crippen molar-refractivity contribution in [2.45, 2.75) is 19.4 Å². The van der Waals surface area contributed by atoms with E-state index in [1.807, 2.05) is 0 Å². The maximum atomic E-state index is 13.2. The summed E-state index contributed by atoms with van der Waals surface area (Å²) in [6, 6.07) is 4.41. The van der Waals surface area contributed by atoms with Crippen LogP contribution in [0.1, 0.15) is 18.4 Å². The number of carbonyl (C=O) groups excluding carboxylic acids is 1. The largest absolute Gasteiger partial charge is 0.381 e. The van der Waals surface area contributed by atoms with Crippen molar-refractivity contribution < 1.29 is 13.9 Å². The fraction of sp³-hybridized carbons (Fsp3) is 0.500. The smallest absolute Gasteiger partial charge is 0.227 e. The lowest BCUT2D eigenvalue weighted by Gasteiger charge is -2.34. The van der Waals surface area contributed by atoms with Crippen molar-refractivity contribution in [3.05, 3.63) is 34.1 Å². The zero-order valence-electron chi connectivity index (χ0n) is 11.1. The van der Waals surface area contributed by atoms with E-state index in [0.29, 0.717) is 38.2 Å². The molecule has 4 nitrogen and oxygen atoms in total. The van der Waals surface area contributed by atoms with Gasteiger partial charge >= 0.3 is 0 Å². The lowest BCUT2D eigenvalue weighted by atomic mass is 9.79. The summed E-state index contributed by atoms with van der Waals surface area (Å²) in [6.45, 7) is 1.68. The van der Waals surface area contributed by atoms with Crippen LogP contribution in [-0.2, 0) is 16.1 Å². The molecule has 1 aromatic carbocycles. The highest BCUT2D eigenvalue weighted by atomic mass is 79.9. The Labute approximate surface area is 126 Å². The van der Waals surface area contributed by atoms with Crippen molar-refractivity contribution in [1.29, 1.82) is 0 Å². The Hall–Kier alpha value is -0.980. The lowest BCUT2D eigenvalue weighted by Crippen LogP contribution is -2.49. The molecule has 0 atom stereocenters. The van der Waals surface area contributed by atoms with Gasteiger partial charge in [0.05, 0.1) is 5.41 Å². The summed E-state index contributed by atoms with van der Waals surface area (Å²) < 4.78 is 19.3. The summed E-state index contributed by atoms with van der Waals surface area (Å²) in [5, 5.41) is 2.86. The van der Waals surface area contributed by atoms with Gasteiger partial charge in [-0.05, 0) is 36.6 Å². The Morgan fingerprint density at radius 2 is 2.15 bits per heavy atom. The zero-order chi connectivity index (χ0) is 14.6. The van der Waals surface area contributed by atoms with E-state index in [4.69, 9.17) is 10.5 Å². The molecule has 1 aromatic rings. The van der Waals surface area contributed by atoms with Crippen molar-refractivity contribution in [3.63, 3.8) is 0 Å². The fourth-order valence-electron chi connectivity index (χ4n) is 2.33. The van der Waals surface area contributed by atoms with Crippen molar-refractivity contribution in [3.8, 4) is 0 Å². The molecule has 0 unspecified atom stereocenters. The Morgan fingerprint density at radius 1 is 1.45 bits per heavy atom. The van der Waals surface area contributed by atoms with E-state index in [9.17, 15) is 9.18 Å². The van der Waals surface area contributed by atoms with Crippen LogP contribution in [0.5, 0.6) is 0 Å². The van der Waals surface area contributed by atoms with Crippen LogP contribution in [0, 0.1) is 11.2 Å². The minimum atomic E-state index is -0.557. The number of ether oxygens (including phenoxy) is 1. The fourth-order valence-corrected chi connectivity index (χ4v) is 2.71. The molecule has 0 radical (unpaired) electrons. The number of amides is 1. The minimum Gasteiger partial charge on any atom is -0.381 e. The van der Waals surface area contributed by atoms with Crippen molar-refractivity contribution in [2.75, 3.05) is 19.8 Å². The SMILES string of the molecule is NCC1(C(=O)NCc2cc(F)ccc2Br)CCOCC1. The lowest BCUT2D eigenvalue weighted by molar-refractivity contribution is -0.136. The highest BCUT2D eigenvalue weighted by molar-refractivity contribution is 9.10. The molecule has 110 valence electrons. The van der Waals surface area contributed by atoms with Gasteiger partial charge in [-0.3, -0.25) is 4.79 Å². The maximum absolute atomic E-state index is 13.2. The molecule has 2 rings (SSSR count). The monoisotopic (exact) mass is 344 g/mol. The molecular formula is C14H18BrFN2O2. The molecule has 0 spiro atoms. The predicted octanol–water partition coefficient (Wildman–Crippen LogP) is 1.96. The second-order valence-corrected chi connectivity index (χ2v) is 5.87. The number of benzene rings is 1. The zero-order valence-corrected chi connectivity index (χ0v) is 12.7. The number of hydrogen-bond acceptors (Lipinski definition) is 3. The first-order valence-electron chi connectivity index (χ1n) is 6.57. The van der Waals surface area contributed by atoms with E-state index >= 15 is 0 Å². The van der Waals surface area contributed by atoms with Gasteiger partial charge in [-0.25, -0.2) is 4.39 Å². The first kappa shape index (κ1) is 15.4. The summed E-state index contributed by atoms with van der Waals surface area (Å²) in [4.78, 5) is 12.4. The first-order valence-corrected chi connectivity index (χ1v) is 7.37. The molecule has 1 heterocycles. The molecule has 1 aliphatic heterocycles. The summed E-state index contributed by atoms with van der Waals surface area (Å²) in [6.07, 6.45) is 1.25. The molecule has 0 aromatic heterocycles. The topological polar surface area (TPSA) is 64.4 Å². The van der Waals surface area contributed by atoms with E-state index < -0.39 is 5.41 Å². The van der Waals surface area contributed by atoms with Crippen LogP contribution in [0.15, 0.2) is 22.7 Å². The van der Waals surface area contributed by atoms with E-state index in [2.05, 4.69) is 21.2 Å². The number of carbonyl (C=O) groups is 1. The van der Waals surface area contributed by atoms with Gasteiger partial charge in [0.2, 0.25) is 5.91 Å². The predicted molar refractivity (Wildman–Crippen MR) is 77.5 cm³/mol. The van der Waals surface area contributed by atoms with Gasteiger partial charge < -0.3 is 15.8 Å². The number of halogens is 2. The number of nitrogens with two attached hydrogens (primary N) is 1.